The predicted molar refractivity (Wildman–Crippen MR) is 90.0 cm³/mol. The average molecular weight is 440 g/mol. The molecular formula is C18H18F6N2O4. The van der Waals surface area contributed by atoms with E-state index >= 15 is 0 Å². The summed E-state index contributed by atoms with van der Waals surface area (Å²) in [5.41, 5.74) is -3.72. The van der Waals surface area contributed by atoms with Crippen molar-refractivity contribution in [2.45, 2.75) is 43.6 Å². The van der Waals surface area contributed by atoms with Crippen LogP contribution in [0.2, 0.25) is 0 Å². The van der Waals surface area contributed by atoms with Crippen molar-refractivity contribution in [1.29, 1.82) is 5.26 Å². The minimum absolute atomic E-state index is 0.00146. The first-order valence-electron chi connectivity index (χ1n) is 8.46. The van der Waals surface area contributed by atoms with Gasteiger partial charge in [0.25, 0.3) is 0 Å². The maximum absolute atomic E-state index is 14.0. The van der Waals surface area contributed by atoms with E-state index in [-0.39, 0.29) is 18.8 Å². The first-order valence-corrected chi connectivity index (χ1v) is 8.46. The molecule has 0 aliphatic carbocycles. The Morgan fingerprint density at radius 2 is 1.70 bits per heavy atom. The van der Waals surface area contributed by atoms with E-state index in [0.717, 1.165) is 31.4 Å². The molecule has 0 heterocycles. The summed E-state index contributed by atoms with van der Waals surface area (Å²) in [6.45, 7) is -0.315. The number of carbonyl (C=O) groups excluding carboxylic acids is 2. The number of esters is 1. The molecule has 0 spiro atoms. The Bertz CT molecular complexity index is 771. The first kappa shape index (κ1) is 25.1. The Morgan fingerprint density at radius 3 is 2.17 bits per heavy atom. The predicted octanol–water partition coefficient (Wildman–Crippen LogP) is 3.76. The van der Waals surface area contributed by atoms with Gasteiger partial charge in [0, 0.05) is 6.42 Å². The van der Waals surface area contributed by atoms with Crippen molar-refractivity contribution >= 4 is 11.9 Å². The van der Waals surface area contributed by atoms with Crippen molar-refractivity contribution in [2.75, 3.05) is 13.7 Å². The highest BCUT2D eigenvalue weighted by Gasteiger charge is 2.58. The summed E-state index contributed by atoms with van der Waals surface area (Å²) in [7, 11) is 0.873. The van der Waals surface area contributed by atoms with E-state index in [4.69, 9.17) is 10.00 Å². The molecule has 1 aromatic rings. The summed E-state index contributed by atoms with van der Waals surface area (Å²) >= 11 is 0. The Hall–Kier alpha value is -2.97. The normalized spacial score (nSPS) is 13.7. The number of nitrogens with one attached hydrogen (secondary N) is 1. The van der Waals surface area contributed by atoms with Crippen molar-refractivity contribution < 1.29 is 45.4 Å². The van der Waals surface area contributed by atoms with Crippen LogP contribution in [0.4, 0.5) is 26.3 Å². The van der Waals surface area contributed by atoms with Gasteiger partial charge >= 0.3 is 18.3 Å². The number of hydrogen-bond donors (Lipinski definition) is 1. The molecular weight excluding hydrogens is 422 g/mol. The second-order valence-electron chi connectivity index (χ2n) is 6.13. The highest BCUT2D eigenvalue weighted by molar-refractivity contribution is 5.81. The molecule has 0 unspecified atom stereocenters. The quantitative estimate of drug-likeness (QED) is 0.359. The molecule has 6 nitrogen and oxygen atoms in total. The van der Waals surface area contributed by atoms with Gasteiger partial charge < -0.3 is 14.8 Å². The van der Waals surface area contributed by atoms with Crippen LogP contribution in [0.1, 0.15) is 31.2 Å². The molecule has 0 fully saturated rings. The third kappa shape index (κ3) is 7.13. The number of nitriles is 1. The standard InChI is InChI=1S/C18H18F6N2O4/c1-29-15(28)11-16(18(22,23)24,26-14(27)7-9-25)12-3-5-13(6-4-12)30-10-2-8-17(19,20)21/h3-6H,2,7-8,10-11H2,1H3,(H,26,27)/t16-/m0/s1. The molecule has 0 saturated carbocycles. The van der Waals surface area contributed by atoms with Crippen LogP contribution >= 0.6 is 0 Å². The van der Waals surface area contributed by atoms with Crippen LogP contribution in [0, 0.1) is 11.3 Å². The number of ether oxygens (including phenoxy) is 2. The topological polar surface area (TPSA) is 88.4 Å². The summed E-state index contributed by atoms with van der Waals surface area (Å²) in [6.07, 6.45) is -13.1. The molecule has 12 heteroatoms. The molecule has 0 aliphatic rings. The number of rotatable bonds is 9. The summed E-state index contributed by atoms with van der Waals surface area (Å²) < 4.78 is 87.7. The Labute approximate surface area is 167 Å². The molecule has 0 saturated heterocycles. The molecule has 1 N–H and O–H groups in total. The Kier molecular flexibility index (Phi) is 8.50. The van der Waals surface area contributed by atoms with E-state index in [2.05, 4.69) is 4.74 Å². The van der Waals surface area contributed by atoms with Crippen molar-refractivity contribution in [3.8, 4) is 11.8 Å². The lowest BCUT2D eigenvalue weighted by molar-refractivity contribution is -0.208. The van der Waals surface area contributed by atoms with Gasteiger partial charge in [-0.3, -0.25) is 9.59 Å². The molecule has 0 radical (unpaired) electrons. The Morgan fingerprint density at radius 1 is 1.10 bits per heavy atom. The molecule has 0 aliphatic heterocycles. The van der Waals surface area contributed by atoms with Gasteiger partial charge in [0.05, 0.1) is 26.2 Å². The van der Waals surface area contributed by atoms with Crippen LogP contribution in [0.15, 0.2) is 24.3 Å². The molecule has 30 heavy (non-hydrogen) atoms. The molecule has 166 valence electrons. The molecule has 1 amide bonds. The van der Waals surface area contributed by atoms with Gasteiger partial charge in [0.15, 0.2) is 5.54 Å². The highest BCUT2D eigenvalue weighted by Crippen LogP contribution is 2.42. The lowest BCUT2D eigenvalue weighted by Gasteiger charge is -2.36. The molecule has 1 atom stereocenters. The zero-order chi connectivity index (χ0) is 23.0. The number of methoxy groups -OCH3 is 1. The fraction of sp³-hybridized carbons (Fsp3) is 0.500. The average Bonchev–Trinajstić information content (AvgIpc) is 2.63. The number of benzene rings is 1. The van der Waals surface area contributed by atoms with Crippen LogP contribution in [0.3, 0.4) is 0 Å². The number of hydrogen-bond acceptors (Lipinski definition) is 5. The maximum atomic E-state index is 14.0. The molecule has 1 aromatic carbocycles. The van der Waals surface area contributed by atoms with Gasteiger partial charge in [-0.25, -0.2) is 0 Å². The third-order valence-electron chi connectivity index (χ3n) is 3.93. The largest absolute Gasteiger partial charge is 0.494 e. The third-order valence-corrected chi connectivity index (χ3v) is 3.93. The number of alkyl halides is 6. The van der Waals surface area contributed by atoms with E-state index in [1.165, 1.54) is 6.07 Å². The lowest BCUT2D eigenvalue weighted by Crippen LogP contribution is -2.57. The van der Waals surface area contributed by atoms with Gasteiger partial charge in [-0.2, -0.15) is 31.6 Å². The highest BCUT2D eigenvalue weighted by atomic mass is 19.4. The van der Waals surface area contributed by atoms with Crippen LogP contribution in [-0.2, 0) is 19.9 Å². The molecule has 0 aromatic heterocycles. The van der Waals surface area contributed by atoms with Crippen LogP contribution in [-0.4, -0.2) is 37.9 Å². The fourth-order valence-electron chi connectivity index (χ4n) is 2.49. The second kappa shape index (κ2) is 10.2. The Balaban J connectivity index is 3.15. The van der Waals surface area contributed by atoms with Crippen molar-refractivity contribution in [2.24, 2.45) is 0 Å². The minimum Gasteiger partial charge on any atom is -0.494 e. The van der Waals surface area contributed by atoms with Gasteiger partial charge in [-0.05, 0) is 24.1 Å². The van der Waals surface area contributed by atoms with E-state index in [0.29, 0.717) is 0 Å². The lowest BCUT2D eigenvalue weighted by atomic mass is 9.85. The van der Waals surface area contributed by atoms with Crippen LogP contribution < -0.4 is 10.1 Å². The van der Waals surface area contributed by atoms with Gasteiger partial charge in [-0.1, -0.05) is 12.1 Å². The summed E-state index contributed by atoms with van der Waals surface area (Å²) in [6, 6.07) is 5.38. The first-order chi connectivity index (χ1) is 13.8. The summed E-state index contributed by atoms with van der Waals surface area (Å²) in [4.78, 5) is 23.4. The summed E-state index contributed by atoms with van der Waals surface area (Å²) in [5.74, 6) is -2.53. The monoisotopic (exact) mass is 440 g/mol. The van der Waals surface area contributed by atoms with Gasteiger partial charge in [0.2, 0.25) is 5.91 Å². The van der Waals surface area contributed by atoms with Crippen LogP contribution in [0.5, 0.6) is 5.75 Å². The van der Waals surface area contributed by atoms with E-state index < -0.39 is 54.6 Å². The minimum atomic E-state index is -5.15. The van der Waals surface area contributed by atoms with Gasteiger partial charge in [-0.15, -0.1) is 0 Å². The van der Waals surface area contributed by atoms with E-state index in [1.807, 2.05) is 0 Å². The summed E-state index contributed by atoms with van der Waals surface area (Å²) in [5, 5.41) is 10.2. The number of amides is 1. The number of carbonyl (C=O) groups is 2. The number of halogens is 6. The SMILES string of the molecule is COC(=O)C[C@](NC(=O)CC#N)(c1ccc(OCCCC(F)(F)F)cc1)C(F)(F)F. The van der Waals surface area contributed by atoms with E-state index in [9.17, 15) is 35.9 Å². The smallest absolute Gasteiger partial charge is 0.416 e. The zero-order valence-electron chi connectivity index (χ0n) is 15.7. The second-order valence-corrected chi connectivity index (χ2v) is 6.13. The fourth-order valence-corrected chi connectivity index (χ4v) is 2.49. The van der Waals surface area contributed by atoms with E-state index in [1.54, 1.807) is 5.32 Å². The van der Waals surface area contributed by atoms with Crippen molar-refractivity contribution in [3.63, 3.8) is 0 Å². The maximum Gasteiger partial charge on any atom is 0.416 e. The molecule has 1 rings (SSSR count). The molecule has 0 bridgehead atoms. The van der Waals surface area contributed by atoms with Crippen molar-refractivity contribution in [1.82, 2.24) is 5.32 Å². The van der Waals surface area contributed by atoms with Gasteiger partial charge in [0.1, 0.15) is 12.2 Å². The zero-order valence-corrected chi connectivity index (χ0v) is 15.7. The van der Waals surface area contributed by atoms with Crippen LogP contribution in [0.25, 0.3) is 0 Å². The number of nitrogens with zero attached hydrogens (tertiary/aromatic N) is 1. The van der Waals surface area contributed by atoms with Crippen molar-refractivity contribution in [3.05, 3.63) is 29.8 Å².